The van der Waals surface area contributed by atoms with Crippen molar-refractivity contribution in [3.05, 3.63) is 40.8 Å². The molecule has 0 amide bonds. The SMILES string of the molecule is CCNC(=NCC(c1cccs1)N1CCC(C)CC1)NCCCn1cccn1.I. The van der Waals surface area contributed by atoms with Crippen LogP contribution in [-0.4, -0.2) is 53.4 Å². The Morgan fingerprint density at radius 3 is 2.79 bits per heavy atom. The molecule has 0 spiro atoms. The highest BCUT2D eigenvalue weighted by Gasteiger charge is 2.25. The largest absolute Gasteiger partial charge is 0.357 e. The Hall–Kier alpha value is -1.13. The Kier molecular flexibility index (Phi) is 11.0. The van der Waals surface area contributed by atoms with Gasteiger partial charge in [-0.2, -0.15) is 5.10 Å². The molecule has 1 saturated heterocycles. The quantitative estimate of drug-likeness (QED) is 0.223. The van der Waals surface area contributed by atoms with Crippen LogP contribution in [-0.2, 0) is 6.54 Å². The highest BCUT2D eigenvalue weighted by atomic mass is 127. The summed E-state index contributed by atoms with van der Waals surface area (Å²) < 4.78 is 1.97. The lowest BCUT2D eigenvalue weighted by molar-refractivity contribution is 0.143. The van der Waals surface area contributed by atoms with E-state index in [2.05, 4.69) is 52.0 Å². The van der Waals surface area contributed by atoms with Crippen LogP contribution in [0.2, 0.25) is 0 Å². The molecule has 1 fully saturated rings. The van der Waals surface area contributed by atoms with E-state index in [1.54, 1.807) is 0 Å². The van der Waals surface area contributed by atoms with Crippen molar-refractivity contribution in [3.63, 3.8) is 0 Å². The van der Waals surface area contributed by atoms with Gasteiger partial charge in [0.25, 0.3) is 0 Å². The fraction of sp³-hybridized carbons (Fsp3) is 0.619. The Morgan fingerprint density at radius 1 is 1.31 bits per heavy atom. The summed E-state index contributed by atoms with van der Waals surface area (Å²) in [5, 5.41) is 13.3. The maximum Gasteiger partial charge on any atom is 0.191 e. The van der Waals surface area contributed by atoms with Gasteiger partial charge < -0.3 is 10.6 Å². The summed E-state index contributed by atoms with van der Waals surface area (Å²) in [6, 6.07) is 6.76. The normalized spacial score (nSPS) is 17.0. The standard InChI is InChI=1S/C21H34N6S.HI/c1-3-22-21(23-10-5-12-27-13-6-11-25-27)24-17-19(20-7-4-16-28-20)26-14-8-18(2)9-15-26;/h4,6-7,11,13,16,18-19H,3,5,8-10,12,14-15,17H2,1-2H3,(H2,22,23,24);1H. The van der Waals surface area contributed by atoms with E-state index in [1.165, 1.54) is 30.8 Å². The molecule has 3 rings (SSSR count). The number of aliphatic imine (C=N–C) groups is 1. The summed E-state index contributed by atoms with van der Waals surface area (Å²) in [6.07, 6.45) is 7.43. The van der Waals surface area contributed by atoms with Gasteiger partial charge in [0, 0.05) is 36.9 Å². The van der Waals surface area contributed by atoms with Crippen LogP contribution in [0, 0.1) is 5.92 Å². The number of thiophene rings is 1. The van der Waals surface area contributed by atoms with E-state index in [9.17, 15) is 0 Å². The number of nitrogens with one attached hydrogen (secondary N) is 2. The Balaban J connectivity index is 0.00000300. The fourth-order valence-electron chi connectivity index (χ4n) is 3.61. The Morgan fingerprint density at radius 2 is 2.14 bits per heavy atom. The van der Waals surface area contributed by atoms with Crippen LogP contribution in [0.3, 0.4) is 0 Å². The number of rotatable bonds is 9. The highest BCUT2D eigenvalue weighted by Crippen LogP contribution is 2.29. The molecular formula is C21H35IN6S. The van der Waals surface area contributed by atoms with E-state index in [4.69, 9.17) is 4.99 Å². The molecule has 1 atom stereocenters. The lowest BCUT2D eigenvalue weighted by Gasteiger charge is -2.35. The number of aryl methyl sites for hydroxylation is 1. The summed E-state index contributed by atoms with van der Waals surface area (Å²) >= 11 is 1.85. The second-order valence-electron chi connectivity index (χ2n) is 7.52. The van der Waals surface area contributed by atoms with E-state index in [0.29, 0.717) is 6.04 Å². The van der Waals surface area contributed by atoms with Crippen molar-refractivity contribution < 1.29 is 0 Å². The highest BCUT2D eigenvalue weighted by molar-refractivity contribution is 14.0. The minimum Gasteiger partial charge on any atom is -0.357 e. The second kappa shape index (κ2) is 13.2. The van der Waals surface area contributed by atoms with Gasteiger partial charge in [0.15, 0.2) is 5.96 Å². The molecule has 1 unspecified atom stereocenters. The fourth-order valence-corrected chi connectivity index (χ4v) is 4.46. The number of nitrogens with zero attached hydrogens (tertiary/aromatic N) is 4. The maximum absolute atomic E-state index is 4.94. The van der Waals surface area contributed by atoms with Crippen LogP contribution < -0.4 is 10.6 Å². The molecule has 2 aromatic rings. The predicted octanol–water partition coefficient (Wildman–Crippen LogP) is 3.98. The van der Waals surface area contributed by atoms with Crippen LogP contribution in [0.15, 0.2) is 41.0 Å². The molecular weight excluding hydrogens is 495 g/mol. The molecule has 0 saturated carbocycles. The summed E-state index contributed by atoms with van der Waals surface area (Å²) in [5.41, 5.74) is 0. The van der Waals surface area contributed by atoms with Crippen molar-refractivity contribution in [2.45, 2.75) is 45.7 Å². The zero-order valence-corrected chi connectivity index (χ0v) is 20.7. The van der Waals surface area contributed by atoms with E-state index in [-0.39, 0.29) is 24.0 Å². The Labute approximate surface area is 196 Å². The van der Waals surface area contributed by atoms with Crippen molar-refractivity contribution in [1.29, 1.82) is 0 Å². The number of piperidine rings is 1. The van der Waals surface area contributed by atoms with Gasteiger partial charge in [-0.25, -0.2) is 0 Å². The predicted molar refractivity (Wildman–Crippen MR) is 133 cm³/mol. The summed E-state index contributed by atoms with van der Waals surface area (Å²) in [7, 11) is 0. The molecule has 6 nitrogen and oxygen atoms in total. The van der Waals surface area contributed by atoms with Crippen LogP contribution in [0.25, 0.3) is 0 Å². The Bertz CT molecular complexity index is 680. The lowest BCUT2D eigenvalue weighted by atomic mass is 9.97. The van der Waals surface area contributed by atoms with E-state index >= 15 is 0 Å². The first-order valence-corrected chi connectivity index (χ1v) is 11.4. The molecule has 0 radical (unpaired) electrons. The zero-order valence-electron chi connectivity index (χ0n) is 17.6. The molecule has 2 aromatic heterocycles. The van der Waals surface area contributed by atoms with Crippen LogP contribution in [0.4, 0.5) is 0 Å². The average molecular weight is 531 g/mol. The smallest absolute Gasteiger partial charge is 0.191 e. The molecule has 162 valence electrons. The molecule has 0 aliphatic carbocycles. The number of likely N-dealkylation sites (tertiary alicyclic amines) is 1. The van der Waals surface area contributed by atoms with Crippen LogP contribution in [0.5, 0.6) is 0 Å². The molecule has 8 heteroatoms. The van der Waals surface area contributed by atoms with Gasteiger partial charge in [-0.3, -0.25) is 14.6 Å². The summed E-state index contributed by atoms with van der Waals surface area (Å²) in [6.45, 7) is 10.3. The van der Waals surface area contributed by atoms with Crippen molar-refractivity contribution in [2.75, 3.05) is 32.7 Å². The van der Waals surface area contributed by atoms with Gasteiger partial charge in [0.05, 0.1) is 12.6 Å². The van der Waals surface area contributed by atoms with Crippen LogP contribution >= 0.6 is 35.3 Å². The first kappa shape index (κ1) is 24.1. The minimum atomic E-state index is 0. The van der Waals surface area contributed by atoms with Crippen molar-refractivity contribution >= 4 is 41.3 Å². The third-order valence-corrected chi connectivity index (χ3v) is 6.29. The minimum absolute atomic E-state index is 0. The molecule has 0 aromatic carbocycles. The summed E-state index contributed by atoms with van der Waals surface area (Å²) in [5.74, 6) is 1.76. The monoisotopic (exact) mass is 530 g/mol. The van der Waals surface area contributed by atoms with Gasteiger partial charge in [-0.1, -0.05) is 13.0 Å². The maximum atomic E-state index is 4.94. The summed E-state index contributed by atoms with van der Waals surface area (Å²) in [4.78, 5) is 8.98. The average Bonchev–Trinajstić information content (AvgIpc) is 3.41. The van der Waals surface area contributed by atoms with Crippen LogP contribution in [0.1, 0.15) is 44.0 Å². The molecule has 1 aliphatic rings. The number of halogens is 1. The molecule has 1 aliphatic heterocycles. The second-order valence-corrected chi connectivity index (χ2v) is 8.50. The van der Waals surface area contributed by atoms with Crippen molar-refractivity contribution in [3.8, 4) is 0 Å². The van der Waals surface area contributed by atoms with Gasteiger partial charge in [0.2, 0.25) is 0 Å². The molecule has 2 N–H and O–H groups in total. The first-order valence-electron chi connectivity index (χ1n) is 10.5. The third-order valence-electron chi connectivity index (χ3n) is 5.31. The van der Waals surface area contributed by atoms with Gasteiger partial charge in [-0.15, -0.1) is 35.3 Å². The van der Waals surface area contributed by atoms with E-state index in [0.717, 1.165) is 44.5 Å². The number of guanidine groups is 1. The van der Waals surface area contributed by atoms with E-state index in [1.807, 2.05) is 34.5 Å². The molecule has 0 bridgehead atoms. The third kappa shape index (κ3) is 7.90. The number of aromatic nitrogens is 2. The molecule has 29 heavy (non-hydrogen) atoms. The lowest BCUT2D eigenvalue weighted by Crippen LogP contribution is -2.40. The zero-order chi connectivity index (χ0) is 19.6. The topological polar surface area (TPSA) is 57.5 Å². The number of hydrogen-bond acceptors (Lipinski definition) is 4. The van der Waals surface area contributed by atoms with Gasteiger partial charge in [-0.05, 0) is 62.7 Å². The number of hydrogen-bond donors (Lipinski definition) is 2. The van der Waals surface area contributed by atoms with E-state index < -0.39 is 0 Å². The van der Waals surface area contributed by atoms with Crippen molar-refractivity contribution in [2.24, 2.45) is 10.9 Å². The van der Waals surface area contributed by atoms with Crippen molar-refractivity contribution in [1.82, 2.24) is 25.3 Å². The first-order chi connectivity index (χ1) is 13.8. The van der Waals surface area contributed by atoms with Gasteiger partial charge in [0.1, 0.15) is 0 Å². The molecule has 3 heterocycles. The van der Waals surface area contributed by atoms with Gasteiger partial charge >= 0.3 is 0 Å².